The first-order valence-corrected chi connectivity index (χ1v) is 7.44. The molecule has 2 saturated heterocycles. The number of nitrogens with zero attached hydrogens (tertiary/aromatic N) is 4. The average Bonchev–Trinajstić information content (AvgIpc) is 3.10. The van der Waals surface area contributed by atoms with Gasteiger partial charge in [0.25, 0.3) is 0 Å². The standard InChI is InChI=1S/C14H19N5O3/c1-4-7-9-10(22-14(2,3)21-9)13(20-7)19-6-18-8-11(15)16-5-17-12(8)19/h5-7,9-10,13H,4H2,1-3H3,(H2,15,16,17)/t7?,9-,10-,13?/m1/s1. The fourth-order valence-corrected chi connectivity index (χ4v) is 3.27. The fraction of sp³-hybridized carbons (Fsp3) is 0.643. The van der Waals surface area contributed by atoms with Gasteiger partial charge in [-0.15, -0.1) is 0 Å². The van der Waals surface area contributed by atoms with Crippen LogP contribution in [0.15, 0.2) is 12.7 Å². The minimum atomic E-state index is -0.616. The topological polar surface area (TPSA) is 97.3 Å². The summed E-state index contributed by atoms with van der Waals surface area (Å²) in [4.78, 5) is 12.5. The molecule has 2 fully saturated rings. The molecule has 0 aliphatic carbocycles. The van der Waals surface area contributed by atoms with Gasteiger partial charge in [-0.25, -0.2) is 15.0 Å². The molecule has 0 aromatic carbocycles. The molecule has 0 radical (unpaired) electrons. The summed E-state index contributed by atoms with van der Waals surface area (Å²) in [5, 5.41) is 0. The number of hydrogen-bond acceptors (Lipinski definition) is 7. The van der Waals surface area contributed by atoms with Crippen LogP contribution >= 0.6 is 0 Å². The molecule has 2 unspecified atom stereocenters. The maximum absolute atomic E-state index is 6.14. The van der Waals surface area contributed by atoms with Crippen molar-refractivity contribution in [3.05, 3.63) is 12.7 Å². The summed E-state index contributed by atoms with van der Waals surface area (Å²) in [5.41, 5.74) is 7.06. The minimum absolute atomic E-state index is 0.0200. The van der Waals surface area contributed by atoms with Crippen molar-refractivity contribution in [1.29, 1.82) is 0 Å². The monoisotopic (exact) mass is 305 g/mol. The van der Waals surface area contributed by atoms with Crippen molar-refractivity contribution in [2.24, 2.45) is 0 Å². The van der Waals surface area contributed by atoms with Crippen molar-refractivity contribution in [2.75, 3.05) is 5.73 Å². The molecule has 0 bridgehead atoms. The van der Waals surface area contributed by atoms with E-state index in [1.165, 1.54) is 6.33 Å². The molecular formula is C14H19N5O3. The van der Waals surface area contributed by atoms with Crippen LogP contribution in [0.25, 0.3) is 11.2 Å². The van der Waals surface area contributed by atoms with Gasteiger partial charge in [0, 0.05) is 0 Å². The molecule has 2 aromatic heterocycles. The lowest BCUT2D eigenvalue weighted by Crippen LogP contribution is -2.28. The number of fused-ring (bicyclic) bond motifs is 2. The second-order valence-electron chi connectivity index (χ2n) is 6.12. The number of imidazole rings is 1. The van der Waals surface area contributed by atoms with E-state index in [0.29, 0.717) is 17.0 Å². The maximum atomic E-state index is 6.14. The number of hydrogen-bond donors (Lipinski definition) is 1. The number of ether oxygens (including phenoxy) is 3. The van der Waals surface area contributed by atoms with Gasteiger partial charge in [0.2, 0.25) is 0 Å². The van der Waals surface area contributed by atoms with Gasteiger partial charge in [0.15, 0.2) is 23.5 Å². The zero-order chi connectivity index (χ0) is 15.5. The Morgan fingerprint density at radius 1 is 1.23 bits per heavy atom. The average molecular weight is 305 g/mol. The van der Waals surface area contributed by atoms with Crippen molar-refractivity contribution in [1.82, 2.24) is 19.5 Å². The van der Waals surface area contributed by atoms with Crippen LogP contribution in [0.2, 0.25) is 0 Å². The summed E-state index contributed by atoms with van der Waals surface area (Å²) in [5.74, 6) is -0.260. The van der Waals surface area contributed by atoms with Gasteiger partial charge in [0.05, 0.1) is 12.4 Å². The Labute approximate surface area is 127 Å². The van der Waals surface area contributed by atoms with Crippen molar-refractivity contribution in [3.63, 3.8) is 0 Å². The molecule has 22 heavy (non-hydrogen) atoms. The third kappa shape index (κ3) is 1.91. The van der Waals surface area contributed by atoms with E-state index in [0.717, 1.165) is 6.42 Å². The first-order chi connectivity index (χ1) is 10.5. The predicted molar refractivity (Wildman–Crippen MR) is 77.8 cm³/mol. The molecule has 0 saturated carbocycles. The summed E-state index contributed by atoms with van der Waals surface area (Å²) in [7, 11) is 0. The molecule has 0 spiro atoms. The highest BCUT2D eigenvalue weighted by molar-refractivity contribution is 5.81. The Kier molecular flexibility index (Phi) is 2.91. The number of anilines is 1. The normalized spacial score (nSPS) is 33.4. The first kappa shape index (κ1) is 13.9. The fourth-order valence-electron chi connectivity index (χ4n) is 3.27. The summed E-state index contributed by atoms with van der Waals surface area (Å²) < 4.78 is 20.0. The molecule has 2 aromatic rings. The zero-order valence-electron chi connectivity index (χ0n) is 12.8. The third-order valence-corrected chi connectivity index (χ3v) is 4.19. The zero-order valence-corrected chi connectivity index (χ0v) is 12.8. The van der Waals surface area contributed by atoms with Crippen LogP contribution in [0.3, 0.4) is 0 Å². The van der Waals surface area contributed by atoms with E-state index in [4.69, 9.17) is 19.9 Å². The van der Waals surface area contributed by atoms with Gasteiger partial charge in [-0.1, -0.05) is 6.92 Å². The SMILES string of the molecule is CCC1OC(n2cnc3c(N)ncnc32)[C@@H]2OC(C)(C)O[C@H]12. The quantitative estimate of drug-likeness (QED) is 0.891. The molecule has 8 nitrogen and oxygen atoms in total. The Hall–Kier alpha value is -1.77. The van der Waals surface area contributed by atoms with Gasteiger partial charge in [0.1, 0.15) is 24.1 Å². The van der Waals surface area contributed by atoms with Gasteiger partial charge in [-0.05, 0) is 20.3 Å². The van der Waals surface area contributed by atoms with Crippen LogP contribution in [0.4, 0.5) is 5.82 Å². The van der Waals surface area contributed by atoms with Gasteiger partial charge in [-0.2, -0.15) is 0 Å². The highest BCUT2D eigenvalue weighted by atomic mass is 16.8. The van der Waals surface area contributed by atoms with E-state index in [2.05, 4.69) is 21.9 Å². The highest BCUT2D eigenvalue weighted by Gasteiger charge is 2.55. The molecular weight excluding hydrogens is 286 g/mol. The van der Waals surface area contributed by atoms with Gasteiger partial charge >= 0.3 is 0 Å². The van der Waals surface area contributed by atoms with Crippen LogP contribution in [0.1, 0.15) is 33.4 Å². The lowest BCUT2D eigenvalue weighted by Gasteiger charge is -2.24. The molecule has 2 aliphatic rings. The smallest absolute Gasteiger partial charge is 0.167 e. The van der Waals surface area contributed by atoms with Crippen LogP contribution in [-0.2, 0) is 14.2 Å². The van der Waals surface area contributed by atoms with E-state index in [1.807, 2.05) is 18.4 Å². The summed E-state index contributed by atoms with van der Waals surface area (Å²) in [6.45, 7) is 5.91. The lowest BCUT2D eigenvalue weighted by atomic mass is 10.1. The van der Waals surface area contributed by atoms with Crippen LogP contribution in [0, 0.1) is 0 Å². The van der Waals surface area contributed by atoms with Crippen molar-refractivity contribution >= 4 is 17.0 Å². The maximum Gasteiger partial charge on any atom is 0.167 e. The molecule has 2 N–H and O–H groups in total. The van der Waals surface area contributed by atoms with Crippen LogP contribution in [0.5, 0.6) is 0 Å². The minimum Gasteiger partial charge on any atom is -0.382 e. The van der Waals surface area contributed by atoms with Gasteiger partial charge < -0.3 is 19.9 Å². The van der Waals surface area contributed by atoms with Crippen molar-refractivity contribution in [3.8, 4) is 0 Å². The molecule has 4 atom stereocenters. The number of nitrogens with two attached hydrogens (primary N) is 1. The molecule has 4 heterocycles. The highest BCUT2D eigenvalue weighted by Crippen LogP contribution is 2.44. The Morgan fingerprint density at radius 3 is 2.77 bits per heavy atom. The second kappa shape index (κ2) is 4.61. The molecule has 118 valence electrons. The largest absolute Gasteiger partial charge is 0.382 e. The molecule has 4 rings (SSSR count). The molecule has 8 heteroatoms. The Bertz CT molecular complexity index is 716. The van der Waals surface area contributed by atoms with E-state index in [1.54, 1.807) is 6.33 Å². The van der Waals surface area contributed by atoms with Crippen LogP contribution < -0.4 is 5.73 Å². The number of nitrogen functional groups attached to an aromatic ring is 1. The molecule has 0 amide bonds. The van der Waals surface area contributed by atoms with E-state index in [-0.39, 0.29) is 24.5 Å². The third-order valence-electron chi connectivity index (χ3n) is 4.19. The summed E-state index contributed by atoms with van der Waals surface area (Å²) in [6, 6.07) is 0. The summed E-state index contributed by atoms with van der Waals surface area (Å²) in [6.07, 6.45) is 3.29. The number of aromatic nitrogens is 4. The second-order valence-corrected chi connectivity index (χ2v) is 6.12. The Morgan fingerprint density at radius 2 is 2.00 bits per heavy atom. The van der Waals surface area contributed by atoms with Crippen molar-refractivity contribution < 1.29 is 14.2 Å². The Balaban J connectivity index is 1.77. The van der Waals surface area contributed by atoms with Crippen LogP contribution in [-0.4, -0.2) is 43.6 Å². The van der Waals surface area contributed by atoms with E-state index < -0.39 is 5.79 Å². The van der Waals surface area contributed by atoms with E-state index in [9.17, 15) is 0 Å². The van der Waals surface area contributed by atoms with Crippen molar-refractivity contribution in [2.45, 2.75) is 57.5 Å². The predicted octanol–water partition coefficient (Wildman–Crippen LogP) is 1.24. The molecule has 2 aliphatic heterocycles. The summed E-state index contributed by atoms with van der Waals surface area (Å²) >= 11 is 0. The van der Waals surface area contributed by atoms with Gasteiger partial charge in [-0.3, -0.25) is 4.57 Å². The first-order valence-electron chi connectivity index (χ1n) is 7.44. The number of rotatable bonds is 2. The van der Waals surface area contributed by atoms with E-state index >= 15 is 0 Å². The lowest BCUT2D eigenvalue weighted by molar-refractivity contribution is -0.196.